The van der Waals surface area contributed by atoms with Crippen molar-refractivity contribution < 1.29 is 4.74 Å². The molecule has 2 nitrogen and oxygen atoms in total. The highest BCUT2D eigenvalue weighted by Gasteiger charge is 2.06. The third-order valence-electron chi connectivity index (χ3n) is 2.79. The summed E-state index contributed by atoms with van der Waals surface area (Å²) < 4.78 is 7.89. The third-order valence-corrected chi connectivity index (χ3v) is 4.13. The first kappa shape index (κ1) is 15.8. The minimum absolute atomic E-state index is 0.449. The Bertz CT molecular complexity index is 604. The summed E-state index contributed by atoms with van der Waals surface area (Å²) in [4.78, 5) is 0. The summed E-state index contributed by atoms with van der Waals surface area (Å²) in [5.74, 6) is 0.863. The van der Waals surface area contributed by atoms with Crippen LogP contribution in [-0.4, -0.2) is 7.05 Å². The van der Waals surface area contributed by atoms with E-state index >= 15 is 0 Å². The molecule has 0 spiro atoms. The Balaban J connectivity index is 2.14. The van der Waals surface area contributed by atoms with Crippen molar-refractivity contribution in [1.29, 1.82) is 0 Å². The van der Waals surface area contributed by atoms with Gasteiger partial charge >= 0.3 is 0 Å². The van der Waals surface area contributed by atoms with E-state index in [9.17, 15) is 0 Å². The zero-order chi connectivity index (χ0) is 14.5. The van der Waals surface area contributed by atoms with Gasteiger partial charge in [0, 0.05) is 31.6 Å². The highest BCUT2D eigenvalue weighted by molar-refractivity contribution is 9.10. The molecule has 2 aromatic rings. The first-order valence-electron chi connectivity index (χ1n) is 6.10. The van der Waals surface area contributed by atoms with E-state index in [0.717, 1.165) is 32.4 Å². The molecule has 0 aliphatic carbocycles. The molecule has 0 unspecified atom stereocenters. The zero-order valence-corrected chi connectivity index (χ0v) is 14.8. The van der Waals surface area contributed by atoms with E-state index in [4.69, 9.17) is 16.3 Å². The molecule has 5 heteroatoms. The highest BCUT2D eigenvalue weighted by atomic mass is 79.9. The van der Waals surface area contributed by atoms with Gasteiger partial charge in [-0.3, -0.25) is 0 Å². The van der Waals surface area contributed by atoms with E-state index in [1.165, 1.54) is 0 Å². The predicted octanol–water partition coefficient (Wildman–Crippen LogP) is 5.16. The van der Waals surface area contributed by atoms with Crippen LogP contribution >= 0.6 is 43.5 Å². The first-order chi connectivity index (χ1) is 9.60. The molecule has 2 aromatic carbocycles. The SMILES string of the molecule is CNCc1cc(Br)ccc1OCc1ccc(Br)cc1Cl. The molecule has 0 radical (unpaired) electrons. The maximum absolute atomic E-state index is 6.19. The fourth-order valence-corrected chi connectivity index (χ4v) is 2.95. The van der Waals surface area contributed by atoms with Crippen LogP contribution in [0, 0.1) is 0 Å². The molecule has 20 heavy (non-hydrogen) atoms. The van der Waals surface area contributed by atoms with Crippen molar-refractivity contribution in [3.8, 4) is 5.75 Å². The molecule has 1 N–H and O–H groups in total. The maximum Gasteiger partial charge on any atom is 0.124 e. The van der Waals surface area contributed by atoms with Crippen LogP contribution < -0.4 is 10.1 Å². The van der Waals surface area contributed by atoms with Crippen LogP contribution in [0.15, 0.2) is 45.3 Å². The largest absolute Gasteiger partial charge is 0.489 e. The first-order valence-corrected chi connectivity index (χ1v) is 8.06. The van der Waals surface area contributed by atoms with Crippen molar-refractivity contribution in [2.75, 3.05) is 7.05 Å². The van der Waals surface area contributed by atoms with Gasteiger partial charge in [-0.25, -0.2) is 0 Å². The second-order valence-corrected chi connectivity index (χ2v) is 6.55. The van der Waals surface area contributed by atoms with Gasteiger partial charge in [0.15, 0.2) is 0 Å². The molecule has 0 bridgehead atoms. The molecule has 0 aromatic heterocycles. The lowest BCUT2D eigenvalue weighted by Crippen LogP contribution is -2.07. The molecule has 106 valence electrons. The second-order valence-electron chi connectivity index (χ2n) is 4.31. The smallest absolute Gasteiger partial charge is 0.124 e. The zero-order valence-electron chi connectivity index (χ0n) is 10.9. The lowest BCUT2D eigenvalue weighted by molar-refractivity contribution is 0.302. The minimum atomic E-state index is 0.449. The monoisotopic (exact) mass is 417 g/mol. The van der Waals surface area contributed by atoms with Crippen molar-refractivity contribution in [2.24, 2.45) is 0 Å². The Hall–Kier alpha value is -0.550. The normalized spacial score (nSPS) is 10.6. The Morgan fingerprint density at radius 1 is 1.05 bits per heavy atom. The maximum atomic E-state index is 6.19. The summed E-state index contributed by atoms with van der Waals surface area (Å²) in [7, 11) is 1.91. The van der Waals surface area contributed by atoms with Gasteiger partial charge in [-0.1, -0.05) is 49.5 Å². The van der Waals surface area contributed by atoms with E-state index in [1.54, 1.807) is 0 Å². The summed E-state index contributed by atoms with van der Waals surface area (Å²) in [6.07, 6.45) is 0. The number of halogens is 3. The predicted molar refractivity (Wildman–Crippen MR) is 90.4 cm³/mol. The van der Waals surface area contributed by atoms with Gasteiger partial charge in [0.05, 0.1) is 0 Å². The Morgan fingerprint density at radius 3 is 2.45 bits per heavy atom. The summed E-state index contributed by atoms with van der Waals surface area (Å²) in [6.45, 7) is 1.20. The number of hydrogen-bond donors (Lipinski definition) is 1. The fourth-order valence-electron chi connectivity index (χ4n) is 1.81. The number of hydrogen-bond acceptors (Lipinski definition) is 2. The van der Waals surface area contributed by atoms with Crippen LogP contribution in [0.1, 0.15) is 11.1 Å². The molecular weight excluding hydrogens is 405 g/mol. The van der Waals surface area contributed by atoms with Crippen LogP contribution in [0.2, 0.25) is 5.02 Å². The van der Waals surface area contributed by atoms with E-state index in [2.05, 4.69) is 43.2 Å². The minimum Gasteiger partial charge on any atom is -0.489 e. The Labute approximate surface area is 140 Å². The van der Waals surface area contributed by atoms with Gasteiger partial charge in [-0.2, -0.15) is 0 Å². The Kier molecular flexibility index (Phi) is 5.90. The average Bonchev–Trinajstić information content (AvgIpc) is 2.40. The number of ether oxygens (including phenoxy) is 1. The standard InChI is InChI=1S/C15H14Br2ClNO/c1-19-8-11-6-12(16)4-5-15(11)20-9-10-2-3-13(17)7-14(10)18/h2-7,19H,8-9H2,1H3. The second kappa shape index (κ2) is 7.46. The van der Waals surface area contributed by atoms with E-state index in [0.29, 0.717) is 11.6 Å². The summed E-state index contributed by atoms with van der Waals surface area (Å²) in [6, 6.07) is 11.8. The molecule has 0 saturated carbocycles. The van der Waals surface area contributed by atoms with Crippen molar-refractivity contribution in [3.05, 3.63) is 61.5 Å². The lowest BCUT2D eigenvalue weighted by atomic mass is 10.2. The van der Waals surface area contributed by atoms with E-state index in [-0.39, 0.29) is 0 Å². The summed E-state index contributed by atoms with van der Waals surface area (Å²) in [5.41, 5.74) is 2.07. The Morgan fingerprint density at radius 2 is 1.75 bits per heavy atom. The summed E-state index contributed by atoms with van der Waals surface area (Å²) in [5, 5.41) is 3.84. The number of benzene rings is 2. The molecule has 0 aliphatic rings. The highest BCUT2D eigenvalue weighted by Crippen LogP contribution is 2.26. The lowest BCUT2D eigenvalue weighted by Gasteiger charge is -2.13. The molecule has 2 rings (SSSR count). The molecular formula is C15H14Br2ClNO. The molecule has 0 atom stereocenters. The molecule has 0 saturated heterocycles. The van der Waals surface area contributed by atoms with Gasteiger partial charge in [0.1, 0.15) is 12.4 Å². The van der Waals surface area contributed by atoms with Crippen LogP contribution in [0.5, 0.6) is 5.75 Å². The van der Waals surface area contributed by atoms with Crippen molar-refractivity contribution in [3.63, 3.8) is 0 Å². The van der Waals surface area contributed by atoms with Gasteiger partial charge < -0.3 is 10.1 Å². The van der Waals surface area contributed by atoms with Gasteiger partial charge in [-0.05, 0) is 37.4 Å². The van der Waals surface area contributed by atoms with Crippen LogP contribution in [-0.2, 0) is 13.2 Å². The van der Waals surface area contributed by atoms with Gasteiger partial charge in [0.25, 0.3) is 0 Å². The van der Waals surface area contributed by atoms with E-state index < -0.39 is 0 Å². The quantitative estimate of drug-likeness (QED) is 0.723. The van der Waals surface area contributed by atoms with Crippen LogP contribution in [0.25, 0.3) is 0 Å². The average molecular weight is 420 g/mol. The van der Waals surface area contributed by atoms with Gasteiger partial charge in [0.2, 0.25) is 0 Å². The topological polar surface area (TPSA) is 21.3 Å². The van der Waals surface area contributed by atoms with Crippen LogP contribution in [0.4, 0.5) is 0 Å². The molecule has 0 heterocycles. The van der Waals surface area contributed by atoms with Crippen molar-refractivity contribution in [2.45, 2.75) is 13.2 Å². The van der Waals surface area contributed by atoms with Crippen LogP contribution in [0.3, 0.4) is 0 Å². The summed E-state index contributed by atoms with van der Waals surface area (Å²) >= 11 is 13.1. The molecule has 0 amide bonds. The fraction of sp³-hybridized carbons (Fsp3) is 0.200. The molecule has 0 aliphatic heterocycles. The molecule has 0 fully saturated rings. The van der Waals surface area contributed by atoms with Gasteiger partial charge in [-0.15, -0.1) is 0 Å². The van der Waals surface area contributed by atoms with E-state index in [1.807, 2.05) is 37.4 Å². The number of nitrogens with one attached hydrogen (secondary N) is 1. The van der Waals surface area contributed by atoms with Crippen molar-refractivity contribution in [1.82, 2.24) is 5.32 Å². The third kappa shape index (κ3) is 4.22. The number of rotatable bonds is 5. The van der Waals surface area contributed by atoms with Crippen molar-refractivity contribution >= 4 is 43.5 Å².